The van der Waals surface area contributed by atoms with E-state index >= 15 is 0 Å². The summed E-state index contributed by atoms with van der Waals surface area (Å²) in [5.74, 6) is -0.227. The number of hydrogen-bond donors (Lipinski definition) is 0. The van der Waals surface area contributed by atoms with E-state index in [1.807, 2.05) is 24.3 Å². The fraction of sp³-hybridized carbons (Fsp3) is 0.235. The van der Waals surface area contributed by atoms with E-state index < -0.39 is 6.36 Å². The van der Waals surface area contributed by atoms with Crippen LogP contribution in [-0.2, 0) is 0 Å². The zero-order valence-electron chi connectivity index (χ0n) is 12.0. The van der Waals surface area contributed by atoms with Crippen molar-refractivity contribution >= 4 is 17.3 Å². The standard InChI is InChI=1S/C17H13ClF3NO/c18-14-4-2-1-3-13(14)16-10-9-15(22-16)11-5-7-12(8-6-11)23-17(19,20)21/h1-8,15H,9-10H2. The van der Waals surface area contributed by atoms with Crippen LogP contribution >= 0.6 is 11.6 Å². The Bertz CT molecular complexity index is 725. The summed E-state index contributed by atoms with van der Waals surface area (Å²) in [7, 11) is 0. The molecule has 0 spiro atoms. The maximum atomic E-state index is 12.2. The third kappa shape index (κ3) is 3.85. The Morgan fingerprint density at radius 1 is 1.04 bits per heavy atom. The lowest BCUT2D eigenvalue weighted by Gasteiger charge is -2.11. The zero-order valence-corrected chi connectivity index (χ0v) is 12.7. The summed E-state index contributed by atoms with van der Waals surface area (Å²) >= 11 is 6.18. The molecular formula is C17H13ClF3NO. The highest BCUT2D eigenvalue weighted by Crippen LogP contribution is 2.34. The van der Waals surface area contributed by atoms with Gasteiger partial charge >= 0.3 is 6.36 Å². The molecule has 23 heavy (non-hydrogen) atoms. The monoisotopic (exact) mass is 339 g/mol. The molecule has 0 fully saturated rings. The molecule has 0 bridgehead atoms. The van der Waals surface area contributed by atoms with E-state index in [-0.39, 0.29) is 11.8 Å². The highest BCUT2D eigenvalue weighted by atomic mass is 35.5. The summed E-state index contributed by atoms with van der Waals surface area (Å²) in [5, 5.41) is 0.654. The molecule has 1 atom stereocenters. The van der Waals surface area contributed by atoms with Crippen LogP contribution in [0, 0.1) is 0 Å². The minimum absolute atomic E-state index is 0.0683. The lowest BCUT2D eigenvalue weighted by molar-refractivity contribution is -0.274. The summed E-state index contributed by atoms with van der Waals surface area (Å²) in [5.41, 5.74) is 2.70. The predicted octanol–water partition coefficient (Wildman–Crippen LogP) is 5.56. The topological polar surface area (TPSA) is 21.6 Å². The van der Waals surface area contributed by atoms with Crippen LogP contribution in [0.4, 0.5) is 13.2 Å². The SMILES string of the molecule is FC(F)(F)Oc1ccc(C2CCC(c3ccccc3Cl)=N2)cc1. The van der Waals surface area contributed by atoms with Crippen LogP contribution in [0.3, 0.4) is 0 Å². The third-order valence-electron chi connectivity index (χ3n) is 3.65. The largest absolute Gasteiger partial charge is 0.573 e. The highest BCUT2D eigenvalue weighted by Gasteiger charge is 2.31. The van der Waals surface area contributed by atoms with E-state index in [0.29, 0.717) is 5.02 Å². The molecule has 3 rings (SSSR count). The van der Waals surface area contributed by atoms with E-state index in [9.17, 15) is 13.2 Å². The van der Waals surface area contributed by atoms with Crippen molar-refractivity contribution in [1.82, 2.24) is 0 Å². The van der Waals surface area contributed by atoms with Crippen LogP contribution < -0.4 is 4.74 Å². The molecule has 0 N–H and O–H groups in total. The summed E-state index contributed by atoms with van der Waals surface area (Å²) in [4.78, 5) is 4.66. The van der Waals surface area contributed by atoms with Crippen LogP contribution in [0.2, 0.25) is 5.02 Å². The van der Waals surface area contributed by atoms with Gasteiger partial charge in [-0.05, 0) is 36.6 Å². The summed E-state index contributed by atoms with van der Waals surface area (Å²) in [6.45, 7) is 0. The van der Waals surface area contributed by atoms with Gasteiger partial charge < -0.3 is 4.74 Å². The van der Waals surface area contributed by atoms with E-state index in [1.54, 1.807) is 12.1 Å². The number of nitrogens with zero attached hydrogens (tertiary/aromatic N) is 1. The molecule has 1 heterocycles. The molecule has 0 aliphatic carbocycles. The summed E-state index contributed by atoms with van der Waals surface area (Å²) < 4.78 is 40.4. The van der Waals surface area contributed by atoms with Gasteiger partial charge in [0, 0.05) is 16.3 Å². The fourth-order valence-electron chi connectivity index (χ4n) is 2.62. The van der Waals surface area contributed by atoms with Gasteiger partial charge in [0.2, 0.25) is 0 Å². The second kappa shape index (κ2) is 6.24. The maximum absolute atomic E-state index is 12.2. The maximum Gasteiger partial charge on any atom is 0.573 e. The van der Waals surface area contributed by atoms with Gasteiger partial charge in [-0.25, -0.2) is 0 Å². The van der Waals surface area contributed by atoms with Crippen LogP contribution in [0.5, 0.6) is 5.75 Å². The molecule has 1 aliphatic rings. The second-order valence-electron chi connectivity index (χ2n) is 5.23. The normalized spacial score (nSPS) is 17.9. The van der Waals surface area contributed by atoms with E-state index in [4.69, 9.17) is 11.6 Å². The van der Waals surface area contributed by atoms with Crippen molar-refractivity contribution < 1.29 is 17.9 Å². The Balaban J connectivity index is 1.77. The number of ether oxygens (including phenoxy) is 1. The Hall–Kier alpha value is -2.01. The smallest absolute Gasteiger partial charge is 0.406 e. The van der Waals surface area contributed by atoms with Crippen LogP contribution in [0.1, 0.15) is 30.0 Å². The van der Waals surface area contributed by atoms with Crippen LogP contribution in [-0.4, -0.2) is 12.1 Å². The van der Waals surface area contributed by atoms with Gasteiger partial charge in [0.1, 0.15) is 5.75 Å². The predicted molar refractivity (Wildman–Crippen MR) is 83.1 cm³/mol. The van der Waals surface area contributed by atoms with Gasteiger partial charge in [0.25, 0.3) is 0 Å². The molecule has 0 saturated heterocycles. The minimum atomic E-state index is -4.68. The van der Waals surface area contributed by atoms with Gasteiger partial charge in [-0.1, -0.05) is 41.9 Å². The van der Waals surface area contributed by atoms with Gasteiger partial charge in [-0.15, -0.1) is 13.2 Å². The number of benzene rings is 2. The van der Waals surface area contributed by atoms with E-state index in [1.165, 1.54) is 12.1 Å². The lowest BCUT2D eigenvalue weighted by atomic mass is 10.0. The van der Waals surface area contributed by atoms with Gasteiger partial charge in [0.15, 0.2) is 0 Å². The molecule has 1 aliphatic heterocycles. The first-order valence-corrected chi connectivity index (χ1v) is 7.47. The average Bonchev–Trinajstić information content (AvgIpc) is 2.96. The number of rotatable bonds is 3. The van der Waals surface area contributed by atoms with Crippen molar-refractivity contribution in [2.45, 2.75) is 25.2 Å². The molecule has 0 aromatic heterocycles. The molecular weight excluding hydrogens is 327 g/mol. The van der Waals surface area contributed by atoms with Crippen molar-refractivity contribution in [2.75, 3.05) is 0 Å². The van der Waals surface area contributed by atoms with Crippen molar-refractivity contribution in [3.8, 4) is 5.75 Å². The Morgan fingerprint density at radius 2 is 1.74 bits per heavy atom. The molecule has 1 unspecified atom stereocenters. The van der Waals surface area contributed by atoms with Crippen molar-refractivity contribution in [3.63, 3.8) is 0 Å². The zero-order chi connectivity index (χ0) is 16.4. The fourth-order valence-corrected chi connectivity index (χ4v) is 2.87. The number of halogens is 4. The molecule has 6 heteroatoms. The quantitative estimate of drug-likeness (QED) is 0.717. The highest BCUT2D eigenvalue weighted by molar-refractivity contribution is 6.34. The van der Waals surface area contributed by atoms with E-state index in [2.05, 4.69) is 9.73 Å². The number of aliphatic imine (C=N–C) groups is 1. The number of hydrogen-bond acceptors (Lipinski definition) is 2. The van der Waals surface area contributed by atoms with Crippen molar-refractivity contribution in [1.29, 1.82) is 0 Å². The van der Waals surface area contributed by atoms with E-state index in [0.717, 1.165) is 29.7 Å². The van der Waals surface area contributed by atoms with Crippen LogP contribution in [0.15, 0.2) is 53.5 Å². The minimum Gasteiger partial charge on any atom is -0.406 e. The Labute approximate surface area is 136 Å². The average molecular weight is 340 g/mol. The summed E-state index contributed by atoms with van der Waals surface area (Å²) in [6.07, 6.45) is -3.08. The molecule has 2 aromatic rings. The van der Waals surface area contributed by atoms with Gasteiger partial charge in [-0.2, -0.15) is 0 Å². The first-order chi connectivity index (χ1) is 10.9. The van der Waals surface area contributed by atoms with Crippen LogP contribution in [0.25, 0.3) is 0 Å². The molecule has 2 aromatic carbocycles. The van der Waals surface area contributed by atoms with Gasteiger partial charge in [-0.3, -0.25) is 4.99 Å². The van der Waals surface area contributed by atoms with Crippen molar-refractivity contribution in [2.24, 2.45) is 4.99 Å². The first-order valence-electron chi connectivity index (χ1n) is 7.10. The lowest BCUT2D eigenvalue weighted by Crippen LogP contribution is -2.17. The Morgan fingerprint density at radius 3 is 2.39 bits per heavy atom. The summed E-state index contributed by atoms with van der Waals surface area (Å²) in [6, 6.07) is 13.3. The number of alkyl halides is 3. The molecule has 120 valence electrons. The molecule has 0 saturated carbocycles. The molecule has 2 nitrogen and oxygen atoms in total. The van der Waals surface area contributed by atoms with Crippen molar-refractivity contribution in [3.05, 3.63) is 64.7 Å². The molecule has 0 amide bonds. The first kappa shape index (κ1) is 15.9. The second-order valence-corrected chi connectivity index (χ2v) is 5.63. The Kier molecular flexibility index (Phi) is 4.31. The third-order valence-corrected chi connectivity index (χ3v) is 3.98. The molecule has 0 radical (unpaired) electrons. The van der Waals surface area contributed by atoms with Gasteiger partial charge in [0.05, 0.1) is 6.04 Å².